The van der Waals surface area contributed by atoms with Crippen molar-refractivity contribution in [2.45, 2.75) is 159 Å². The monoisotopic (exact) mass is 760 g/mol. The van der Waals surface area contributed by atoms with Gasteiger partial charge in [-0.3, -0.25) is 9.59 Å². The molecule has 3 fully saturated rings. The molecule has 3 aliphatic heterocycles. The Labute approximate surface area is 316 Å². The number of Topliss-reactive ketones (excluding diaryl/α,β-unsaturated/α-hetero) is 1. The van der Waals surface area contributed by atoms with Gasteiger partial charge >= 0.3 is 17.9 Å². The number of esters is 3. The van der Waals surface area contributed by atoms with Crippen molar-refractivity contribution >= 4 is 29.8 Å². The number of benzene rings is 1. The second-order valence-electron chi connectivity index (χ2n) is 14.0. The summed E-state index contributed by atoms with van der Waals surface area (Å²) in [7, 11) is 0. The van der Waals surface area contributed by atoms with Crippen LogP contribution in [0.3, 0.4) is 0 Å². The molecule has 0 aliphatic carbocycles. The Kier molecular flexibility index (Phi) is 17.3. The van der Waals surface area contributed by atoms with Gasteiger partial charge in [0.25, 0.3) is 0 Å². The molecule has 14 heteroatoms. The lowest BCUT2D eigenvalue weighted by Crippen LogP contribution is -2.65. The molecule has 3 N–H and O–H groups in total. The zero-order valence-corrected chi connectivity index (χ0v) is 31.6. The summed E-state index contributed by atoms with van der Waals surface area (Å²) in [6.45, 7) is 6.16. The molecule has 54 heavy (non-hydrogen) atoms. The molecule has 0 radical (unpaired) electrons. The van der Waals surface area contributed by atoms with Crippen LogP contribution in [0.5, 0.6) is 0 Å². The molecule has 3 heterocycles. The Morgan fingerprint density at radius 1 is 0.852 bits per heavy atom. The topological polar surface area (TPSA) is 194 Å². The third-order valence-electron chi connectivity index (χ3n) is 9.84. The third kappa shape index (κ3) is 12.5. The summed E-state index contributed by atoms with van der Waals surface area (Å²) in [5.74, 6) is -2.51. The molecule has 3 aliphatic rings. The maximum absolute atomic E-state index is 13.2. The molecular formula is C40H56O14. The van der Waals surface area contributed by atoms with E-state index in [9.17, 15) is 34.5 Å². The fraction of sp³-hybridized carbons (Fsp3) is 0.650. The minimum Gasteiger partial charge on any atom is -0.463 e. The zero-order chi connectivity index (χ0) is 39.2. The van der Waals surface area contributed by atoms with E-state index in [1.165, 1.54) is 19.1 Å². The van der Waals surface area contributed by atoms with E-state index in [0.717, 1.165) is 31.8 Å². The van der Waals surface area contributed by atoms with Crippen molar-refractivity contribution in [2.75, 3.05) is 6.61 Å². The number of allylic oxidation sites excluding steroid dienone is 1. The quantitative estimate of drug-likeness (QED) is 0.206. The molecule has 2 bridgehead atoms. The van der Waals surface area contributed by atoms with Crippen LogP contribution in [0.4, 0.5) is 0 Å². The molecule has 11 atom stereocenters. The summed E-state index contributed by atoms with van der Waals surface area (Å²) in [6.07, 6.45) is -5.30. The summed E-state index contributed by atoms with van der Waals surface area (Å²) in [5.41, 5.74) is 0.882. The van der Waals surface area contributed by atoms with Crippen LogP contribution >= 0.6 is 0 Å². The van der Waals surface area contributed by atoms with Crippen LogP contribution in [0.15, 0.2) is 48.1 Å². The molecule has 0 amide bonds. The number of carbonyl (C=O) groups is 4. The SMILES string of the molecule is CC=C(C)C(=O)OC1C(O)C2OC(COC(=O)CCC(=O)CCCCCC[C@H](CCC)OC3OC(C)C(O)C(O)C3O2)C1OC(=O)C=Cc1ccccc1. The first kappa shape index (κ1) is 43.2. The first-order chi connectivity index (χ1) is 25.9. The number of hydrogen-bond donors (Lipinski definition) is 3. The van der Waals surface area contributed by atoms with Gasteiger partial charge < -0.3 is 48.5 Å². The van der Waals surface area contributed by atoms with E-state index in [2.05, 4.69) is 0 Å². The van der Waals surface area contributed by atoms with Crippen LogP contribution in [-0.2, 0) is 52.3 Å². The van der Waals surface area contributed by atoms with E-state index < -0.39 is 85.9 Å². The summed E-state index contributed by atoms with van der Waals surface area (Å²) in [5, 5.41) is 33.9. The average molecular weight is 761 g/mol. The van der Waals surface area contributed by atoms with E-state index in [1.54, 1.807) is 38.1 Å². The van der Waals surface area contributed by atoms with E-state index in [-0.39, 0.29) is 30.3 Å². The maximum Gasteiger partial charge on any atom is 0.333 e. The Hall–Kier alpha value is -3.50. The van der Waals surface area contributed by atoms with Gasteiger partial charge in [-0.1, -0.05) is 69.0 Å². The smallest absolute Gasteiger partial charge is 0.333 e. The third-order valence-corrected chi connectivity index (χ3v) is 9.84. The van der Waals surface area contributed by atoms with Crippen LogP contribution in [0.2, 0.25) is 0 Å². The highest BCUT2D eigenvalue weighted by atomic mass is 16.8. The van der Waals surface area contributed by atoms with Gasteiger partial charge in [0.05, 0.1) is 18.6 Å². The summed E-state index contributed by atoms with van der Waals surface area (Å²) < 4.78 is 41.8. The lowest BCUT2D eigenvalue weighted by Gasteiger charge is -2.47. The molecule has 10 unspecified atom stereocenters. The van der Waals surface area contributed by atoms with Crippen molar-refractivity contribution in [1.29, 1.82) is 0 Å². The number of rotatable bonds is 7. The Balaban J connectivity index is 1.70. The Bertz CT molecular complexity index is 1430. The molecular weight excluding hydrogens is 704 g/mol. The Morgan fingerprint density at radius 2 is 1.59 bits per heavy atom. The van der Waals surface area contributed by atoms with Gasteiger partial charge in [-0.2, -0.15) is 0 Å². The molecule has 0 spiro atoms. The zero-order valence-electron chi connectivity index (χ0n) is 31.6. The molecule has 14 nitrogen and oxygen atoms in total. The van der Waals surface area contributed by atoms with E-state index >= 15 is 0 Å². The molecule has 0 saturated carbocycles. The molecule has 4 rings (SSSR count). The number of fused-ring (bicyclic) bond motifs is 3. The van der Waals surface area contributed by atoms with Gasteiger partial charge in [-0.05, 0) is 51.7 Å². The maximum atomic E-state index is 13.2. The predicted molar refractivity (Wildman–Crippen MR) is 193 cm³/mol. The fourth-order valence-electron chi connectivity index (χ4n) is 6.52. The van der Waals surface area contributed by atoms with Crippen LogP contribution in [0.25, 0.3) is 6.08 Å². The van der Waals surface area contributed by atoms with Gasteiger partial charge in [-0.15, -0.1) is 0 Å². The lowest BCUT2D eigenvalue weighted by molar-refractivity contribution is -0.369. The predicted octanol–water partition coefficient (Wildman–Crippen LogP) is 3.86. The number of carbonyl (C=O) groups excluding carboxylic acids is 4. The number of aliphatic hydroxyl groups is 3. The van der Waals surface area contributed by atoms with Crippen LogP contribution < -0.4 is 0 Å². The van der Waals surface area contributed by atoms with E-state index in [0.29, 0.717) is 31.2 Å². The van der Waals surface area contributed by atoms with Crippen LogP contribution in [0.1, 0.15) is 97.5 Å². The first-order valence-electron chi connectivity index (χ1n) is 19.0. The second-order valence-corrected chi connectivity index (χ2v) is 14.0. The van der Waals surface area contributed by atoms with Crippen molar-refractivity contribution in [3.63, 3.8) is 0 Å². The number of aliphatic hydroxyl groups excluding tert-OH is 3. The molecule has 0 aromatic heterocycles. The van der Waals surface area contributed by atoms with Crippen molar-refractivity contribution in [3.05, 3.63) is 53.6 Å². The first-order valence-corrected chi connectivity index (χ1v) is 19.0. The van der Waals surface area contributed by atoms with Crippen LogP contribution in [0, 0.1) is 0 Å². The fourth-order valence-corrected chi connectivity index (χ4v) is 6.52. The van der Waals surface area contributed by atoms with Crippen molar-refractivity contribution in [2.24, 2.45) is 0 Å². The molecule has 3 saturated heterocycles. The number of ether oxygens (including phenoxy) is 7. The number of ketones is 1. The van der Waals surface area contributed by atoms with Gasteiger partial charge in [0.1, 0.15) is 42.9 Å². The minimum atomic E-state index is -1.84. The largest absolute Gasteiger partial charge is 0.463 e. The van der Waals surface area contributed by atoms with Crippen molar-refractivity contribution < 1.29 is 67.7 Å². The summed E-state index contributed by atoms with van der Waals surface area (Å²) in [6, 6.07) is 8.93. The van der Waals surface area contributed by atoms with E-state index in [4.69, 9.17) is 33.2 Å². The normalized spacial score (nSPS) is 34.0. The molecule has 1 aromatic rings. The van der Waals surface area contributed by atoms with Crippen LogP contribution in [-0.4, -0.2) is 113 Å². The lowest BCUT2D eigenvalue weighted by atomic mass is 9.96. The second kappa shape index (κ2) is 21.6. The molecule has 300 valence electrons. The number of hydrogen-bond acceptors (Lipinski definition) is 14. The highest BCUT2D eigenvalue weighted by molar-refractivity contribution is 5.88. The van der Waals surface area contributed by atoms with Gasteiger partial charge in [0, 0.05) is 24.5 Å². The summed E-state index contributed by atoms with van der Waals surface area (Å²) >= 11 is 0. The van der Waals surface area contributed by atoms with Crippen molar-refractivity contribution in [3.8, 4) is 0 Å². The highest BCUT2D eigenvalue weighted by Gasteiger charge is 2.54. The summed E-state index contributed by atoms with van der Waals surface area (Å²) in [4.78, 5) is 51.8. The Morgan fingerprint density at radius 3 is 2.31 bits per heavy atom. The molecule has 1 aromatic carbocycles. The minimum absolute atomic E-state index is 0.0194. The van der Waals surface area contributed by atoms with Gasteiger partial charge in [-0.25, -0.2) is 9.59 Å². The van der Waals surface area contributed by atoms with Gasteiger partial charge in [0.2, 0.25) is 0 Å². The standard InChI is InChI=1S/C40H56O14/c1-5-14-28-18-13-8-7-12-17-27(41)20-22-30(42)48-23-29-35(52-31(43)21-19-26-15-10-9-11-16-26)36(53-38(47)24(3)6-2)34(46)39(51-29)54-37-33(45)32(44)25(4)49-40(37)50-28/h6,9-11,15-16,19,21,25,28-29,32-37,39-40,44-46H,5,7-8,12-14,17-18,20,22-23H2,1-4H3/t25?,28-,29?,32?,33?,34?,35?,36?,37?,39?,40?/m0/s1. The van der Waals surface area contributed by atoms with E-state index in [1.807, 2.05) is 13.0 Å². The average Bonchev–Trinajstić information content (AvgIpc) is 3.16. The number of cyclic esters (lactones) is 1. The van der Waals surface area contributed by atoms with Gasteiger partial charge in [0.15, 0.2) is 24.8 Å². The van der Waals surface area contributed by atoms with Crippen molar-refractivity contribution in [1.82, 2.24) is 0 Å². The highest BCUT2D eigenvalue weighted by Crippen LogP contribution is 2.33.